The molecule has 1 aromatic heterocycles. The van der Waals surface area contributed by atoms with Crippen LogP contribution in [0.25, 0.3) is 0 Å². The molecule has 0 spiro atoms. The second-order valence-corrected chi connectivity index (χ2v) is 7.08. The average Bonchev–Trinajstić information content (AvgIpc) is 3.41. The Hall–Kier alpha value is -2.60. The number of carbonyl (C=O) groups is 2. The van der Waals surface area contributed by atoms with Crippen LogP contribution in [-0.4, -0.2) is 54.0 Å². The van der Waals surface area contributed by atoms with E-state index >= 15 is 0 Å². The normalized spacial score (nSPS) is 16.1. The number of furan rings is 1. The zero-order valence-electron chi connectivity index (χ0n) is 16.4. The van der Waals surface area contributed by atoms with E-state index in [1.54, 1.807) is 28.2 Å². The van der Waals surface area contributed by atoms with Crippen molar-refractivity contribution in [3.63, 3.8) is 0 Å². The number of rotatable bonds is 9. The van der Waals surface area contributed by atoms with Crippen LogP contribution in [0.2, 0.25) is 0 Å². The third-order valence-corrected chi connectivity index (χ3v) is 4.86. The maximum Gasteiger partial charge on any atom is 0.254 e. The van der Waals surface area contributed by atoms with Crippen molar-refractivity contribution in [2.75, 3.05) is 26.2 Å². The quantitative estimate of drug-likeness (QED) is 0.665. The van der Waals surface area contributed by atoms with Crippen LogP contribution < -0.4 is 0 Å². The lowest BCUT2D eigenvalue weighted by Gasteiger charge is -2.28. The van der Waals surface area contributed by atoms with Gasteiger partial charge in [-0.2, -0.15) is 0 Å². The highest BCUT2D eigenvalue weighted by molar-refractivity contribution is 5.96. The molecule has 1 aromatic carbocycles. The van der Waals surface area contributed by atoms with Gasteiger partial charge < -0.3 is 19.0 Å². The van der Waals surface area contributed by atoms with Gasteiger partial charge in [-0.1, -0.05) is 25.1 Å². The summed E-state index contributed by atoms with van der Waals surface area (Å²) in [4.78, 5) is 29.4. The Morgan fingerprint density at radius 2 is 1.93 bits per heavy atom. The van der Waals surface area contributed by atoms with Gasteiger partial charge in [0.05, 0.1) is 18.9 Å². The van der Waals surface area contributed by atoms with Gasteiger partial charge in [-0.15, -0.1) is 0 Å². The molecule has 150 valence electrons. The fraction of sp³-hybridized carbons (Fsp3) is 0.455. The van der Waals surface area contributed by atoms with Gasteiger partial charge in [0, 0.05) is 25.3 Å². The zero-order chi connectivity index (χ0) is 19.8. The smallest absolute Gasteiger partial charge is 0.254 e. The molecule has 1 fully saturated rings. The van der Waals surface area contributed by atoms with E-state index in [-0.39, 0.29) is 24.5 Å². The van der Waals surface area contributed by atoms with Gasteiger partial charge >= 0.3 is 0 Å². The Morgan fingerprint density at radius 3 is 2.57 bits per heavy atom. The van der Waals surface area contributed by atoms with Gasteiger partial charge in [-0.05, 0) is 43.5 Å². The van der Waals surface area contributed by atoms with Crippen LogP contribution >= 0.6 is 0 Å². The first-order valence-electron chi connectivity index (χ1n) is 9.93. The van der Waals surface area contributed by atoms with Crippen molar-refractivity contribution in [1.82, 2.24) is 9.80 Å². The van der Waals surface area contributed by atoms with Crippen LogP contribution in [0, 0.1) is 0 Å². The fourth-order valence-electron chi connectivity index (χ4n) is 3.43. The summed E-state index contributed by atoms with van der Waals surface area (Å²) >= 11 is 0. The average molecular weight is 384 g/mol. The summed E-state index contributed by atoms with van der Waals surface area (Å²) in [5, 5.41) is 0. The highest BCUT2D eigenvalue weighted by atomic mass is 16.5. The highest BCUT2D eigenvalue weighted by Crippen LogP contribution is 2.16. The van der Waals surface area contributed by atoms with Crippen LogP contribution in [0.1, 0.15) is 42.3 Å². The Morgan fingerprint density at radius 1 is 1.11 bits per heavy atom. The number of hydrogen-bond donors (Lipinski definition) is 0. The number of benzene rings is 1. The second kappa shape index (κ2) is 10.1. The van der Waals surface area contributed by atoms with E-state index in [0.29, 0.717) is 25.2 Å². The molecule has 2 amide bonds. The lowest BCUT2D eigenvalue weighted by molar-refractivity contribution is -0.134. The molecular formula is C22H28N2O4. The first kappa shape index (κ1) is 20.1. The highest BCUT2D eigenvalue weighted by Gasteiger charge is 2.26. The molecular weight excluding hydrogens is 356 g/mol. The van der Waals surface area contributed by atoms with Crippen molar-refractivity contribution < 1.29 is 18.7 Å². The Labute approximate surface area is 166 Å². The minimum atomic E-state index is -0.120. The van der Waals surface area contributed by atoms with Gasteiger partial charge in [0.15, 0.2) is 0 Å². The van der Waals surface area contributed by atoms with Crippen molar-refractivity contribution in [2.24, 2.45) is 0 Å². The Balaban J connectivity index is 1.70. The summed E-state index contributed by atoms with van der Waals surface area (Å²) in [6.07, 6.45) is 4.40. The lowest BCUT2D eigenvalue weighted by Crippen LogP contribution is -2.45. The predicted octanol–water partition coefficient (Wildman–Crippen LogP) is 3.34. The van der Waals surface area contributed by atoms with Crippen LogP contribution in [0.15, 0.2) is 53.1 Å². The van der Waals surface area contributed by atoms with E-state index in [0.717, 1.165) is 31.6 Å². The van der Waals surface area contributed by atoms with Crippen molar-refractivity contribution in [2.45, 2.75) is 38.8 Å². The molecule has 6 nitrogen and oxygen atoms in total. The lowest BCUT2D eigenvalue weighted by atomic mass is 10.2. The SMILES string of the molecule is CCCN(CC(=O)N(Cc1ccco1)C[C@H]1CCCO1)C(=O)c1ccccc1. The minimum absolute atomic E-state index is 0.0448. The van der Waals surface area contributed by atoms with Gasteiger partial charge in [-0.25, -0.2) is 0 Å². The molecule has 3 rings (SSSR count). The van der Waals surface area contributed by atoms with E-state index in [4.69, 9.17) is 9.15 Å². The maximum atomic E-state index is 13.1. The van der Waals surface area contributed by atoms with Crippen molar-refractivity contribution >= 4 is 11.8 Å². The van der Waals surface area contributed by atoms with E-state index in [1.807, 2.05) is 37.3 Å². The molecule has 6 heteroatoms. The van der Waals surface area contributed by atoms with Crippen LogP contribution in [-0.2, 0) is 16.1 Å². The summed E-state index contributed by atoms with van der Waals surface area (Å²) in [5.74, 6) is 0.512. The number of amides is 2. The number of nitrogens with zero attached hydrogens (tertiary/aromatic N) is 2. The maximum absolute atomic E-state index is 13.1. The predicted molar refractivity (Wildman–Crippen MR) is 106 cm³/mol. The van der Waals surface area contributed by atoms with E-state index in [1.165, 1.54) is 0 Å². The van der Waals surface area contributed by atoms with Gasteiger partial charge in [0.25, 0.3) is 5.91 Å². The van der Waals surface area contributed by atoms with Gasteiger partial charge in [-0.3, -0.25) is 9.59 Å². The first-order chi connectivity index (χ1) is 13.7. The molecule has 0 bridgehead atoms. The standard InChI is InChI=1S/C22H28N2O4/c1-2-12-23(22(26)18-8-4-3-5-9-18)17-21(25)24(15-19-10-6-13-27-19)16-20-11-7-14-28-20/h3-6,8-10,13,20H,2,7,11-12,14-17H2,1H3/t20-/m1/s1. The van der Waals surface area contributed by atoms with Crippen LogP contribution in [0.5, 0.6) is 0 Å². The molecule has 0 N–H and O–H groups in total. The first-order valence-corrected chi connectivity index (χ1v) is 9.93. The molecule has 1 aliphatic heterocycles. The number of hydrogen-bond acceptors (Lipinski definition) is 4. The summed E-state index contributed by atoms with van der Waals surface area (Å²) in [6, 6.07) is 12.8. The van der Waals surface area contributed by atoms with Crippen molar-refractivity contribution in [3.05, 3.63) is 60.1 Å². The third-order valence-electron chi connectivity index (χ3n) is 4.86. The summed E-state index contributed by atoms with van der Waals surface area (Å²) in [6.45, 7) is 4.22. The van der Waals surface area contributed by atoms with Crippen molar-refractivity contribution in [1.29, 1.82) is 0 Å². The van der Waals surface area contributed by atoms with Crippen LogP contribution in [0.4, 0.5) is 0 Å². The third kappa shape index (κ3) is 5.45. The molecule has 0 aliphatic carbocycles. The fourth-order valence-corrected chi connectivity index (χ4v) is 3.43. The molecule has 1 saturated heterocycles. The number of ether oxygens (including phenoxy) is 1. The van der Waals surface area contributed by atoms with E-state index in [9.17, 15) is 9.59 Å². The summed E-state index contributed by atoms with van der Waals surface area (Å²) in [7, 11) is 0. The van der Waals surface area contributed by atoms with E-state index in [2.05, 4.69) is 0 Å². The Bertz CT molecular complexity index is 739. The van der Waals surface area contributed by atoms with Crippen LogP contribution in [0.3, 0.4) is 0 Å². The monoisotopic (exact) mass is 384 g/mol. The molecule has 1 atom stereocenters. The largest absolute Gasteiger partial charge is 0.467 e. The molecule has 0 saturated carbocycles. The number of carbonyl (C=O) groups excluding carboxylic acids is 2. The topological polar surface area (TPSA) is 63.0 Å². The van der Waals surface area contributed by atoms with E-state index < -0.39 is 0 Å². The molecule has 2 aromatic rings. The molecule has 0 unspecified atom stereocenters. The minimum Gasteiger partial charge on any atom is -0.467 e. The second-order valence-electron chi connectivity index (χ2n) is 7.08. The Kier molecular flexibility index (Phi) is 7.25. The summed E-state index contributed by atoms with van der Waals surface area (Å²) < 4.78 is 11.1. The molecule has 1 aliphatic rings. The van der Waals surface area contributed by atoms with Gasteiger partial charge in [0.1, 0.15) is 12.3 Å². The zero-order valence-corrected chi connectivity index (χ0v) is 16.4. The molecule has 28 heavy (non-hydrogen) atoms. The summed E-state index contributed by atoms with van der Waals surface area (Å²) in [5.41, 5.74) is 0.598. The van der Waals surface area contributed by atoms with Gasteiger partial charge in [0.2, 0.25) is 5.91 Å². The van der Waals surface area contributed by atoms with Crippen molar-refractivity contribution in [3.8, 4) is 0 Å². The molecule has 0 radical (unpaired) electrons. The molecule has 2 heterocycles.